The first-order chi connectivity index (χ1) is 8.54. The summed E-state index contributed by atoms with van der Waals surface area (Å²) in [5.74, 6) is 0. The second-order valence-corrected chi connectivity index (χ2v) is 4.15. The van der Waals surface area contributed by atoms with Gasteiger partial charge in [0, 0.05) is 0 Å². The zero-order valence-corrected chi connectivity index (χ0v) is 10.0. The van der Waals surface area contributed by atoms with Gasteiger partial charge in [-0.25, -0.2) is 14.7 Å². The van der Waals surface area contributed by atoms with Crippen molar-refractivity contribution in [3.63, 3.8) is 0 Å². The van der Waals surface area contributed by atoms with Gasteiger partial charge in [0.15, 0.2) is 18.5 Å². The van der Waals surface area contributed by atoms with Crippen molar-refractivity contribution < 1.29 is 45.0 Å². The fourth-order valence-corrected chi connectivity index (χ4v) is 1.73. The van der Waals surface area contributed by atoms with E-state index in [0.717, 1.165) is 0 Å². The van der Waals surface area contributed by atoms with Crippen LogP contribution >= 0.6 is 0 Å². The molecular weight excluding hydrogens is 252 g/mol. The topological polar surface area (TPSA) is 127 Å². The van der Waals surface area contributed by atoms with Crippen LogP contribution in [0, 0.1) is 0 Å². The Morgan fingerprint density at radius 3 is 2.17 bits per heavy atom. The highest BCUT2D eigenvalue weighted by Crippen LogP contribution is 2.26. The zero-order chi connectivity index (χ0) is 13.7. The molecule has 0 bridgehead atoms. The smallest absolute Gasteiger partial charge is 0.187 e. The summed E-state index contributed by atoms with van der Waals surface area (Å²) in [5, 5.41) is 35.7. The van der Waals surface area contributed by atoms with Crippen LogP contribution in [0.1, 0.15) is 13.8 Å². The summed E-state index contributed by atoms with van der Waals surface area (Å²) in [5.41, 5.74) is 0. The lowest BCUT2D eigenvalue weighted by Crippen LogP contribution is -2.61. The quantitative estimate of drug-likeness (QED) is 0.380. The fraction of sp³-hybridized carbons (Fsp3) is 1.00. The van der Waals surface area contributed by atoms with Crippen molar-refractivity contribution >= 4 is 0 Å². The van der Waals surface area contributed by atoms with E-state index in [-0.39, 0.29) is 12.7 Å². The highest BCUT2D eigenvalue weighted by molar-refractivity contribution is 4.90. The maximum absolute atomic E-state index is 9.84. The van der Waals surface area contributed by atoms with Crippen molar-refractivity contribution in [3.8, 4) is 0 Å². The van der Waals surface area contributed by atoms with E-state index in [1.54, 1.807) is 13.8 Å². The van der Waals surface area contributed by atoms with Gasteiger partial charge in [0.2, 0.25) is 0 Å². The lowest BCUT2D eigenvalue weighted by Gasteiger charge is -2.41. The van der Waals surface area contributed by atoms with Crippen molar-refractivity contribution in [1.29, 1.82) is 0 Å². The van der Waals surface area contributed by atoms with E-state index >= 15 is 0 Å². The minimum atomic E-state index is -1.38. The standard InChI is InChI=1S/C9H18O9/c1-4(2)15-9-6(10)8(18-13)7(17-12)5(16-9)3-14-11/h4-13H,3H2,1-2H3. The Balaban J connectivity index is 2.80. The Morgan fingerprint density at radius 1 is 1.11 bits per heavy atom. The number of ether oxygens (including phenoxy) is 2. The Hall–Kier alpha value is -0.360. The van der Waals surface area contributed by atoms with E-state index in [2.05, 4.69) is 14.7 Å². The molecule has 18 heavy (non-hydrogen) atoms. The predicted octanol–water partition coefficient (Wildman–Crippen LogP) is -0.297. The SMILES string of the molecule is CC(C)OC1OC(COO)C(OO)C(OO)C1O. The Kier molecular flexibility index (Phi) is 6.35. The summed E-state index contributed by atoms with van der Waals surface area (Å²) >= 11 is 0. The molecule has 5 atom stereocenters. The third-order valence-electron chi connectivity index (χ3n) is 2.50. The van der Waals surface area contributed by atoms with E-state index < -0.39 is 30.7 Å². The van der Waals surface area contributed by atoms with Gasteiger partial charge in [-0.1, -0.05) is 0 Å². The molecule has 0 spiro atoms. The van der Waals surface area contributed by atoms with E-state index in [0.29, 0.717) is 0 Å². The molecule has 0 aromatic rings. The van der Waals surface area contributed by atoms with Crippen LogP contribution < -0.4 is 0 Å². The number of aliphatic hydroxyl groups is 1. The van der Waals surface area contributed by atoms with Crippen LogP contribution in [0.5, 0.6) is 0 Å². The first-order valence-corrected chi connectivity index (χ1v) is 5.41. The molecule has 9 nitrogen and oxygen atoms in total. The Bertz CT molecular complexity index is 236. The molecule has 9 heteroatoms. The highest BCUT2D eigenvalue weighted by atomic mass is 17.1. The first kappa shape index (κ1) is 15.7. The monoisotopic (exact) mass is 270 g/mol. The van der Waals surface area contributed by atoms with Crippen molar-refractivity contribution in [1.82, 2.24) is 0 Å². The average Bonchev–Trinajstić information content (AvgIpc) is 2.32. The molecule has 0 aromatic heterocycles. The molecule has 1 saturated heterocycles. The predicted molar refractivity (Wildman–Crippen MR) is 54.5 cm³/mol. The average molecular weight is 270 g/mol. The second-order valence-electron chi connectivity index (χ2n) is 4.15. The van der Waals surface area contributed by atoms with Gasteiger partial charge < -0.3 is 14.6 Å². The molecule has 108 valence electrons. The lowest BCUT2D eigenvalue weighted by atomic mass is 9.99. The molecule has 1 heterocycles. The molecule has 1 aliphatic heterocycles. The van der Waals surface area contributed by atoms with Crippen LogP contribution in [0.4, 0.5) is 0 Å². The molecule has 4 N–H and O–H groups in total. The molecule has 5 unspecified atom stereocenters. The lowest BCUT2D eigenvalue weighted by molar-refractivity contribution is -0.430. The third-order valence-corrected chi connectivity index (χ3v) is 2.50. The first-order valence-electron chi connectivity index (χ1n) is 5.41. The van der Waals surface area contributed by atoms with E-state index in [1.807, 2.05) is 0 Å². The summed E-state index contributed by atoms with van der Waals surface area (Å²) in [7, 11) is 0. The van der Waals surface area contributed by atoms with Gasteiger partial charge in [-0.2, -0.15) is 0 Å². The summed E-state index contributed by atoms with van der Waals surface area (Å²) in [6, 6.07) is 0. The maximum Gasteiger partial charge on any atom is 0.187 e. The van der Waals surface area contributed by atoms with Crippen LogP contribution in [0.25, 0.3) is 0 Å². The van der Waals surface area contributed by atoms with Gasteiger partial charge >= 0.3 is 0 Å². The second kappa shape index (κ2) is 7.28. The third kappa shape index (κ3) is 3.57. The van der Waals surface area contributed by atoms with Crippen molar-refractivity contribution in [3.05, 3.63) is 0 Å². The Morgan fingerprint density at radius 2 is 1.72 bits per heavy atom. The summed E-state index contributed by atoms with van der Waals surface area (Å²) in [6.45, 7) is 3.07. The molecule has 0 saturated carbocycles. The maximum atomic E-state index is 9.84. The summed E-state index contributed by atoms with van der Waals surface area (Å²) < 4.78 is 10.5. The summed E-state index contributed by atoms with van der Waals surface area (Å²) in [6.07, 6.45) is -6.31. The van der Waals surface area contributed by atoms with E-state index in [9.17, 15) is 5.11 Å². The number of hydrogen-bond acceptors (Lipinski definition) is 9. The number of hydrogen-bond donors (Lipinski definition) is 4. The molecule has 0 radical (unpaired) electrons. The van der Waals surface area contributed by atoms with E-state index in [4.69, 9.17) is 25.2 Å². The molecular formula is C9H18O9. The van der Waals surface area contributed by atoms with Gasteiger partial charge in [-0.3, -0.25) is 15.8 Å². The van der Waals surface area contributed by atoms with Gasteiger partial charge in [0.1, 0.15) is 18.8 Å². The van der Waals surface area contributed by atoms with Crippen molar-refractivity contribution in [2.45, 2.75) is 50.7 Å². The Labute approximate surface area is 103 Å². The molecule has 0 aromatic carbocycles. The number of rotatable bonds is 6. The fourth-order valence-electron chi connectivity index (χ4n) is 1.73. The zero-order valence-electron chi connectivity index (χ0n) is 10.0. The van der Waals surface area contributed by atoms with Crippen LogP contribution in [0.2, 0.25) is 0 Å². The number of aliphatic hydroxyl groups excluding tert-OH is 1. The molecule has 1 aliphatic rings. The van der Waals surface area contributed by atoms with Gasteiger partial charge in [0.25, 0.3) is 0 Å². The minimum Gasteiger partial charge on any atom is -0.385 e. The molecule has 1 rings (SSSR count). The summed E-state index contributed by atoms with van der Waals surface area (Å²) in [4.78, 5) is 12.0. The van der Waals surface area contributed by atoms with Gasteiger partial charge in [0.05, 0.1) is 6.10 Å². The minimum absolute atomic E-state index is 0.258. The highest BCUT2D eigenvalue weighted by Gasteiger charge is 2.49. The molecule has 0 amide bonds. The normalized spacial score (nSPS) is 37.2. The van der Waals surface area contributed by atoms with Crippen LogP contribution in [-0.4, -0.2) is 64.3 Å². The van der Waals surface area contributed by atoms with Gasteiger partial charge in [-0.05, 0) is 13.8 Å². The van der Waals surface area contributed by atoms with Crippen LogP contribution in [-0.2, 0) is 24.1 Å². The van der Waals surface area contributed by atoms with Crippen LogP contribution in [0.15, 0.2) is 0 Å². The van der Waals surface area contributed by atoms with E-state index in [1.165, 1.54) is 0 Å². The molecule has 1 fully saturated rings. The van der Waals surface area contributed by atoms with Crippen molar-refractivity contribution in [2.24, 2.45) is 0 Å². The molecule has 0 aliphatic carbocycles. The van der Waals surface area contributed by atoms with Gasteiger partial charge in [-0.15, -0.1) is 0 Å². The van der Waals surface area contributed by atoms with Crippen molar-refractivity contribution in [2.75, 3.05) is 6.61 Å². The largest absolute Gasteiger partial charge is 0.385 e. The van der Waals surface area contributed by atoms with Crippen LogP contribution in [0.3, 0.4) is 0 Å².